The summed E-state index contributed by atoms with van der Waals surface area (Å²) >= 11 is 0. The van der Waals surface area contributed by atoms with Crippen LogP contribution in [0.15, 0.2) is 24.3 Å². The molecule has 0 radical (unpaired) electrons. The second-order valence-electron chi connectivity index (χ2n) is 5.21. The molecule has 0 aromatic heterocycles. The Bertz CT molecular complexity index is 384. The Labute approximate surface area is 115 Å². The highest BCUT2D eigenvalue weighted by Gasteiger charge is 2.20. The van der Waals surface area contributed by atoms with Crippen molar-refractivity contribution in [3.63, 3.8) is 0 Å². The maximum atomic E-state index is 9.38. The van der Waals surface area contributed by atoms with E-state index in [9.17, 15) is 10.2 Å². The molecule has 1 unspecified atom stereocenters. The molecule has 1 saturated heterocycles. The highest BCUT2D eigenvalue weighted by molar-refractivity contribution is 5.26. The van der Waals surface area contributed by atoms with E-state index in [2.05, 4.69) is 10.2 Å². The Morgan fingerprint density at radius 2 is 2.21 bits per heavy atom. The van der Waals surface area contributed by atoms with Gasteiger partial charge in [0, 0.05) is 25.7 Å². The van der Waals surface area contributed by atoms with Crippen LogP contribution < -0.4 is 5.32 Å². The van der Waals surface area contributed by atoms with Gasteiger partial charge in [-0.2, -0.15) is 0 Å². The van der Waals surface area contributed by atoms with Crippen LogP contribution in [0.4, 0.5) is 0 Å². The molecule has 1 fully saturated rings. The molecule has 0 amide bonds. The number of hydrogen-bond donors (Lipinski definition) is 3. The zero-order chi connectivity index (χ0) is 13.5. The number of phenols is 1. The smallest absolute Gasteiger partial charge is 0.115 e. The number of hydrogen-bond acceptors (Lipinski definition) is 4. The second-order valence-corrected chi connectivity index (χ2v) is 5.21. The number of piperidine rings is 1. The maximum Gasteiger partial charge on any atom is 0.115 e. The van der Waals surface area contributed by atoms with Gasteiger partial charge in [-0.3, -0.25) is 4.90 Å². The number of nitrogens with zero attached hydrogens (tertiary/aromatic N) is 1. The molecule has 2 rings (SSSR count). The SMILES string of the molecule is OCC1CCCCN1CCNCc1cccc(O)c1. The molecule has 1 aliphatic rings. The second kappa shape index (κ2) is 7.48. The Morgan fingerprint density at radius 3 is 3.00 bits per heavy atom. The molecular weight excluding hydrogens is 240 g/mol. The van der Waals surface area contributed by atoms with E-state index in [0.717, 1.165) is 38.2 Å². The summed E-state index contributed by atoms with van der Waals surface area (Å²) in [6, 6.07) is 7.67. The van der Waals surface area contributed by atoms with Crippen LogP contribution in [0.1, 0.15) is 24.8 Å². The van der Waals surface area contributed by atoms with Crippen LogP contribution in [0.2, 0.25) is 0 Å². The topological polar surface area (TPSA) is 55.7 Å². The van der Waals surface area contributed by atoms with Crippen LogP contribution in [0.5, 0.6) is 5.75 Å². The van der Waals surface area contributed by atoms with E-state index >= 15 is 0 Å². The van der Waals surface area contributed by atoms with Gasteiger partial charge < -0.3 is 15.5 Å². The summed E-state index contributed by atoms with van der Waals surface area (Å²) in [6.45, 7) is 4.02. The predicted molar refractivity (Wildman–Crippen MR) is 76.1 cm³/mol. The summed E-state index contributed by atoms with van der Waals surface area (Å²) in [7, 11) is 0. The summed E-state index contributed by atoms with van der Waals surface area (Å²) in [6.07, 6.45) is 3.59. The predicted octanol–water partition coefficient (Wildman–Crippen LogP) is 1.33. The third kappa shape index (κ3) is 4.49. The van der Waals surface area contributed by atoms with E-state index in [1.807, 2.05) is 12.1 Å². The summed E-state index contributed by atoms with van der Waals surface area (Å²) in [4.78, 5) is 2.37. The number of aliphatic hydroxyl groups is 1. The Morgan fingerprint density at radius 1 is 1.32 bits per heavy atom. The number of likely N-dealkylation sites (tertiary alicyclic amines) is 1. The molecule has 1 aliphatic heterocycles. The van der Waals surface area contributed by atoms with Crippen molar-refractivity contribution in [2.24, 2.45) is 0 Å². The highest BCUT2D eigenvalue weighted by atomic mass is 16.3. The van der Waals surface area contributed by atoms with Crippen LogP contribution >= 0.6 is 0 Å². The van der Waals surface area contributed by atoms with Gasteiger partial charge in [-0.15, -0.1) is 0 Å². The zero-order valence-corrected chi connectivity index (χ0v) is 11.4. The van der Waals surface area contributed by atoms with Crippen LogP contribution in [0.3, 0.4) is 0 Å². The molecule has 0 saturated carbocycles. The first-order valence-electron chi connectivity index (χ1n) is 7.13. The Hall–Kier alpha value is -1.10. The molecule has 106 valence electrons. The minimum atomic E-state index is 0.270. The number of aliphatic hydroxyl groups excluding tert-OH is 1. The molecule has 1 aromatic rings. The van der Waals surface area contributed by atoms with Gasteiger partial charge in [0.2, 0.25) is 0 Å². The summed E-state index contributed by atoms with van der Waals surface area (Å²) in [5, 5.41) is 22.1. The maximum absolute atomic E-state index is 9.38. The van der Waals surface area contributed by atoms with Gasteiger partial charge in [0.25, 0.3) is 0 Å². The summed E-state index contributed by atoms with van der Waals surface area (Å²) in [5.74, 6) is 0.315. The molecule has 1 aromatic carbocycles. The van der Waals surface area contributed by atoms with Crippen molar-refractivity contribution in [3.05, 3.63) is 29.8 Å². The van der Waals surface area contributed by atoms with Gasteiger partial charge in [0.1, 0.15) is 5.75 Å². The Kier molecular flexibility index (Phi) is 5.63. The molecule has 19 heavy (non-hydrogen) atoms. The van der Waals surface area contributed by atoms with Gasteiger partial charge in [-0.05, 0) is 37.1 Å². The number of nitrogens with one attached hydrogen (secondary N) is 1. The van der Waals surface area contributed by atoms with E-state index in [4.69, 9.17) is 0 Å². The molecule has 4 nitrogen and oxygen atoms in total. The fourth-order valence-electron chi connectivity index (χ4n) is 2.68. The molecule has 3 N–H and O–H groups in total. The van der Waals surface area contributed by atoms with Crippen molar-refractivity contribution in [3.8, 4) is 5.75 Å². The highest BCUT2D eigenvalue weighted by Crippen LogP contribution is 2.15. The minimum Gasteiger partial charge on any atom is -0.508 e. The first kappa shape index (κ1) is 14.3. The molecule has 4 heteroatoms. The quantitative estimate of drug-likeness (QED) is 0.679. The largest absolute Gasteiger partial charge is 0.508 e. The minimum absolute atomic E-state index is 0.270. The van der Waals surface area contributed by atoms with E-state index in [1.54, 1.807) is 12.1 Å². The lowest BCUT2D eigenvalue weighted by Gasteiger charge is -2.34. The molecule has 1 atom stereocenters. The van der Waals surface area contributed by atoms with E-state index in [0.29, 0.717) is 11.8 Å². The van der Waals surface area contributed by atoms with Gasteiger partial charge in [0.15, 0.2) is 0 Å². The molecule has 0 bridgehead atoms. The lowest BCUT2D eigenvalue weighted by molar-refractivity contribution is 0.0910. The Balaban J connectivity index is 1.68. The molecule has 0 spiro atoms. The number of benzene rings is 1. The van der Waals surface area contributed by atoms with Crippen molar-refractivity contribution < 1.29 is 10.2 Å². The van der Waals surface area contributed by atoms with Crippen LogP contribution in [0.25, 0.3) is 0 Å². The average Bonchev–Trinajstić information content (AvgIpc) is 2.44. The third-order valence-corrected chi connectivity index (χ3v) is 3.78. The molecular formula is C15H24N2O2. The van der Waals surface area contributed by atoms with E-state index < -0.39 is 0 Å². The number of rotatable bonds is 6. The van der Waals surface area contributed by atoms with Crippen molar-refractivity contribution in [1.82, 2.24) is 10.2 Å². The summed E-state index contributed by atoms with van der Waals surface area (Å²) in [5.41, 5.74) is 1.09. The normalized spacial score (nSPS) is 20.6. The average molecular weight is 264 g/mol. The lowest BCUT2D eigenvalue weighted by atomic mass is 10.0. The third-order valence-electron chi connectivity index (χ3n) is 3.78. The van der Waals surface area contributed by atoms with E-state index in [-0.39, 0.29) is 6.61 Å². The van der Waals surface area contributed by atoms with Crippen molar-refractivity contribution in [2.45, 2.75) is 31.8 Å². The van der Waals surface area contributed by atoms with Crippen molar-refractivity contribution in [1.29, 1.82) is 0 Å². The van der Waals surface area contributed by atoms with Crippen LogP contribution in [-0.4, -0.2) is 47.4 Å². The fraction of sp³-hybridized carbons (Fsp3) is 0.600. The van der Waals surface area contributed by atoms with Gasteiger partial charge in [0.05, 0.1) is 6.61 Å². The monoisotopic (exact) mass is 264 g/mol. The van der Waals surface area contributed by atoms with Crippen molar-refractivity contribution >= 4 is 0 Å². The lowest BCUT2D eigenvalue weighted by Crippen LogP contribution is -2.44. The first-order valence-corrected chi connectivity index (χ1v) is 7.13. The van der Waals surface area contributed by atoms with Gasteiger partial charge >= 0.3 is 0 Å². The molecule has 1 heterocycles. The fourth-order valence-corrected chi connectivity index (χ4v) is 2.68. The summed E-state index contributed by atoms with van der Waals surface area (Å²) < 4.78 is 0. The van der Waals surface area contributed by atoms with E-state index in [1.165, 1.54) is 12.8 Å². The number of phenolic OH excluding ortho intramolecular Hbond substituents is 1. The van der Waals surface area contributed by atoms with Crippen LogP contribution in [0, 0.1) is 0 Å². The standard InChI is InChI=1S/C15H24N2O2/c18-12-14-5-1-2-8-17(14)9-7-16-11-13-4-3-6-15(19)10-13/h3-4,6,10,14,16,18-19H,1-2,5,7-9,11-12H2. The first-order chi connectivity index (χ1) is 9.29. The number of aromatic hydroxyl groups is 1. The van der Waals surface area contributed by atoms with Gasteiger partial charge in [-0.1, -0.05) is 18.6 Å². The van der Waals surface area contributed by atoms with Gasteiger partial charge in [-0.25, -0.2) is 0 Å². The zero-order valence-electron chi connectivity index (χ0n) is 11.4. The molecule has 0 aliphatic carbocycles. The van der Waals surface area contributed by atoms with Crippen molar-refractivity contribution in [2.75, 3.05) is 26.2 Å². The van der Waals surface area contributed by atoms with Crippen LogP contribution in [-0.2, 0) is 6.54 Å².